The van der Waals surface area contributed by atoms with Crippen LogP contribution in [0.5, 0.6) is 0 Å². The van der Waals surface area contributed by atoms with Crippen LogP contribution in [-0.4, -0.2) is 24.6 Å². The largest absolute Gasteiger partial charge is 0.416 e. The van der Waals surface area contributed by atoms with E-state index >= 15 is 0 Å². The van der Waals surface area contributed by atoms with E-state index in [1.165, 1.54) is 6.20 Å². The summed E-state index contributed by atoms with van der Waals surface area (Å²) in [6.07, 6.45) is -1.30. The summed E-state index contributed by atoms with van der Waals surface area (Å²) in [5, 5.41) is 5.99. The van der Waals surface area contributed by atoms with Gasteiger partial charge in [0.2, 0.25) is 0 Å². The zero-order valence-electron chi connectivity index (χ0n) is 15.2. The van der Waals surface area contributed by atoms with Crippen molar-refractivity contribution in [1.29, 1.82) is 0 Å². The van der Waals surface area contributed by atoms with Crippen LogP contribution in [0, 0.1) is 0 Å². The minimum Gasteiger partial charge on any atom is -0.200 e. The SMILES string of the molecule is CSc1ccc2c(ccc3cnn(NS(=O)(=O)c4cc(C(F)(F)F)ccc4Cl)c32)c1. The van der Waals surface area contributed by atoms with Gasteiger partial charge >= 0.3 is 6.18 Å². The van der Waals surface area contributed by atoms with Gasteiger partial charge in [0.25, 0.3) is 10.0 Å². The van der Waals surface area contributed by atoms with Crippen molar-refractivity contribution in [3.05, 3.63) is 65.3 Å². The standard InChI is InChI=1S/C19H13ClF3N3O2S2/c1-29-14-5-6-15-11(8-14)2-3-12-10-24-26(18(12)15)25-30(27,28)17-9-13(19(21,22)23)4-7-16(17)20/h2-10,25H,1H3. The minimum absolute atomic E-state index is 0.332. The molecule has 3 aromatic carbocycles. The van der Waals surface area contributed by atoms with E-state index in [-0.39, 0.29) is 5.02 Å². The average Bonchev–Trinajstić information content (AvgIpc) is 3.09. The molecule has 156 valence electrons. The molecule has 0 atom stereocenters. The van der Waals surface area contributed by atoms with Crippen molar-refractivity contribution in [2.75, 3.05) is 11.1 Å². The first-order valence-electron chi connectivity index (χ1n) is 8.44. The first-order valence-corrected chi connectivity index (χ1v) is 11.5. The Bertz CT molecular complexity index is 1390. The van der Waals surface area contributed by atoms with Crippen molar-refractivity contribution >= 4 is 55.1 Å². The van der Waals surface area contributed by atoms with E-state index in [9.17, 15) is 21.6 Å². The molecule has 0 aliphatic heterocycles. The number of hydrogen-bond acceptors (Lipinski definition) is 4. The van der Waals surface area contributed by atoms with Gasteiger partial charge in [-0.3, -0.25) is 0 Å². The lowest BCUT2D eigenvalue weighted by Gasteiger charge is -2.13. The van der Waals surface area contributed by atoms with E-state index in [1.54, 1.807) is 17.8 Å². The maximum absolute atomic E-state index is 13.0. The molecule has 5 nitrogen and oxygen atoms in total. The number of fused-ring (bicyclic) bond motifs is 3. The van der Waals surface area contributed by atoms with Gasteiger partial charge in [0, 0.05) is 15.7 Å². The van der Waals surface area contributed by atoms with Crippen molar-refractivity contribution < 1.29 is 21.6 Å². The van der Waals surface area contributed by atoms with Crippen molar-refractivity contribution in [1.82, 2.24) is 9.89 Å². The third-order valence-electron chi connectivity index (χ3n) is 4.51. The van der Waals surface area contributed by atoms with Crippen LogP contribution < -0.4 is 4.83 Å². The topological polar surface area (TPSA) is 64.0 Å². The van der Waals surface area contributed by atoms with Crippen molar-refractivity contribution in [3.8, 4) is 0 Å². The quantitative estimate of drug-likeness (QED) is 0.398. The minimum atomic E-state index is -4.71. The molecule has 0 saturated heterocycles. The number of alkyl halides is 3. The van der Waals surface area contributed by atoms with Gasteiger partial charge < -0.3 is 0 Å². The molecule has 0 bridgehead atoms. The van der Waals surface area contributed by atoms with Crippen LogP contribution in [0.4, 0.5) is 13.2 Å². The highest BCUT2D eigenvalue weighted by Crippen LogP contribution is 2.34. The number of nitrogens with zero attached hydrogens (tertiary/aromatic N) is 2. The number of nitrogens with one attached hydrogen (secondary N) is 1. The molecule has 1 aromatic heterocycles. The van der Waals surface area contributed by atoms with E-state index in [0.29, 0.717) is 17.0 Å². The molecule has 0 aliphatic rings. The number of benzene rings is 3. The number of sulfonamides is 1. The fourth-order valence-electron chi connectivity index (χ4n) is 3.07. The molecule has 30 heavy (non-hydrogen) atoms. The van der Waals surface area contributed by atoms with Crippen LogP contribution in [0.15, 0.2) is 64.5 Å². The van der Waals surface area contributed by atoms with E-state index in [0.717, 1.165) is 32.6 Å². The predicted molar refractivity (Wildman–Crippen MR) is 112 cm³/mol. The molecule has 0 aliphatic carbocycles. The van der Waals surface area contributed by atoms with Crippen LogP contribution in [0.2, 0.25) is 5.02 Å². The van der Waals surface area contributed by atoms with E-state index in [1.807, 2.05) is 30.5 Å². The fraction of sp³-hybridized carbons (Fsp3) is 0.105. The van der Waals surface area contributed by atoms with Gasteiger partial charge in [-0.25, -0.2) is 0 Å². The maximum Gasteiger partial charge on any atom is 0.416 e. The van der Waals surface area contributed by atoms with Gasteiger partial charge in [0.15, 0.2) is 0 Å². The van der Waals surface area contributed by atoms with E-state index < -0.39 is 26.7 Å². The Morgan fingerprint density at radius 3 is 2.50 bits per heavy atom. The van der Waals surface area contributed by atoms with Gasteiger partial charge in [0.05, 0.1) is 16.8 Å². The lowest BCUT2D eigenvalue weighted by atomic mass is 10.1. The smallest absolute Gasteiger partial charge is 0.200 e. The summed E-state index contributed by atoms with van der Waals surface area (Å²) >= 11 is 7.47. The van der Waals surface area contributed by atoms with Crippen LogP contribution in [0.3, 0.4) is 0 Å². The van der Waals surface area contributed by atoms with Gasteiger partial charge in [-0.2, -0.15) is 36.3 Å². The van der Waals surface area contributed by atoms with Gasteiger partial charge in [0.1, 0.15) is 10.4 Å². The monoisotopic (exact) mass is 471 g/mol. The Labute approximate surface area is 178 Å². The fourth-order valence-corrected chi connectivity index (χ4v) is 5.01. The summed E-state index contributed by atoms with van der Waals surface area (Å²) in [5.41, 5.74) is -0.639. The second-order valence-electron chi connectivity index (χ2n) is 6.38. The van der Waals surface area contributed by atoms with Crippen molar-refractivity contribution in [3.63, 3.8) is 0 Å². The molecule has 11 heteroatoms. The highest BCUT2D eigenvalue weighted by atomic mass is 35.5. The second-order valence-corrected chi connectivity index (χ2v) is 9.30. The summed E-state index contributed by atoms with van der Waals surface area (Å²) in [6, 6.07) is 11.5. The Kier molecular flexibility index (Phi) is 5.11. The average molecular weight is 472 g/mol. The first-order chi connectivity index (χ1) is 14.1. The summed E-state index contributed by atoms with van der Waals surface area (Å²) in [6.45, 7) is 0. The summed E-state index contributed by atoms with van der Waals surface area (Å²) < 4.78 is 64.8. The van der Waals surface area contributed by atoms with Crippen LogP contribution in [0.1, 0.15) is 5.56 Å². The van der Waals surface area contributed by atoms with Crippen LogP contribution in [-0.2, 0) is 16.2 Å². The molecule has 0 amide bonds. The third kappa shape index (κ3) is 3.70. The number of rotatable bonds is 4. The number of aromatic nitrogens is 2. The zero-order valence-corrected chi connectivity index (χ0v) is 17.6. The van der Waals surface area contributed by atoms with Gasteiger partial charge in [-0.1, -0.05) is 29.8 Å². The number of hydrogen-bond donors (Lipinski definition) is 1. The van der Waals surface area contributed by atoms with Gasteiger partial charge in [-0.15, -0.1) is 11.8 Å². The molecule has 0 unspecified atom stereocenters. The molecule has 0 radical (unpaired) electrons. The van der Waals surface area contributed by atoms with E-state index in [2.05, 4.69) is 9.93 Å². The summed E-state index contributed by atoms with van der Waals surface area (Å²) in [4.78, 5) is 3.59. The zero-order chi connectivity index (χ0) is 21.7. The molecule has 4 aromatic rings. The van der Waals surface area contributed by atoms with Crippen LogP contribution in [0.25, 0.3) is 21.7 Å². The first kappa shape index (κ1) is 20.8. The summed E-state index contributed by atoms with van der Waals surface area (Å²) in [5.74, 6) is 0. The van der Waals surface area contributed by atoms with Crippen molar-refractivity contribution in [2.45, 2.75) is 16.0 Å². The molecule has 1 heterocycles. The molecular formula is C19H13ClF3N3O2S2. The predicted octanol–water partition coefficient (Wildman–Crippen LogP) is 5.52. The maximum atomic E-state index is 13.0. The molecule has 1 N–H and O–H groups in total. The highest BCUT2D eigenvalue weighted by Gasteiger charge is 2.33. The molecule has 0 spiro atoms. The molecular weight excluding hydrogens is 459 g/mol. The van der Waals surface area contributed by atoms with Crippen molar-refractivity contribution in [2.24, 2.45) is 0 Å². The van der Waals surface area contributed by atoms with E-state index in [4.69, 9.17) is 11.6 Å². The summed E-state index contributed by atoms with van der Waals surface area (Å²) in [7, 11) is -4.46. The lowest BCUT2D eigenvalue weighted by Crippen LogP contribution is -2.25. The second kappa shape index (κ2) is 7.36. The van der Waals surface area contributed by atoms with Crippen LogP contribution >= 0.6 is 23.4 Å². The highest BCUT2D eigenvalue weighted by molar-refractivity contribution is 7.98. The Morgan fingerprint density at radius 1 is 1.07 bits per heavy atom. The molecule has 0 fully saturated rings. The molecule has 4 rings (SSSR count). The Hall–Kier alpha value is -2.43. The normalized spacial score (nSPS) is 12.6. The number of halogens is 4. The molecule has 0 saturated carbocycles. The lowest BCUT2D eigenvalue weighted by molar-refractivity contribution is -0.137. The Morgan fingerprint density at radius 2 is 1.80 bits per heavy atom. The Balaban J connectivity index is 1.84. The number of thioether (sulfide) groups is 1. The third-order valence-corrected chi connectivity index (χ3v) is 7.01. The van der Waals surface area contributed by atoms with Gasteiger partial charge in [-0.05, 0) is 42.0 Å².